The zero-order chi connectivity index (χ0) is 9.97. The van der Waals surface area contributed by atoms with Gasteiger partial charge in [-0.25, -0.2) is 0 Å². The summed E-state index contributed by atoms with van der Waals surface area (Å²) in [6.07, 6.45) is 2.34. The molecule has 4 heteroatoms. The van der Waals surface area contributed by atoms with Crippen LogP contribution in [0.2, 0.25) is 0 Å². The molecule has 0 spiro atoms. The zero-order valence-corrected chi connectivity index (χ0v) is 8.36. The Labute approximate surface area is 83.3 Å². The molecule has 0 radical (unpaired) electrons. The monoisotopic (exact) mass is 193 g/mol. The molecule has 14 heavy (non-hydrogen) atoms. The number of aromatic nitrogens is 2. The molecule has 1 aliphatic rings. The number of hydrogen-bond acceptors (Lipinski definition) is 3. The minimum absolute atomic E-state index is 0.218. The lowest BCUT2D eigenvalue weighted by Gasteiger charge is -2.26. The minimum Gasteiger partial charge on any atom is -0.316 e. The average Bonchev–Trinajstić information content (AvgIpc) is 2.58. The Kier molecular flexibility index (Phi) is 2.63. The van der Waals surface area contributed by atoms with Gasteiger partial charge in [-0.3, -0.25) is 9.48 Å². The van der Waals surface area contributed by atoms with Gasteiger partial charge in [0, 0.05) is 19.2 Å². The van der Waals surface area contributed by atoms with Crippen LogP contribution in [0.4, 0.5) is 0 Å². The van der Waals surface area contributed by atoms with E-state index < -0.39 is 0 Å². The Balaban J connectivity index is 2.02. The molecule has 1 fully saturated rings. The lowest BCUT2D eigenvalue weighted by Crippen LogP contribution is -2.43. The summed E-state index contributed by atoms with van der Waals surface area (Å²) in [5.41, 5.74) is 0.749. The van der Waals surface area contributed by atoms with Gasteiger partial charge >= 0.3 is 0 Å². The second-order valence-corrected chi connectivity index (χ2v) is 3.68. The highest BCUT2D eigenvalue weighted by atomic mass is 16.1. The van der Waals surface area contributed by atoms with Crippen LogP contribution in [0, 0.1) is 5.92 Å². The van der Waals surface area contributed by atoms with E-state index in [9.17, 15) is 4.79 Å². The van der Waals surface area contributed by atoms with E-state index in [4.69, 9.17) is 0 Å². The molecule has 0 aliphatic carbocycles. The van der Waals surface area contributed by atoms with Gasteiger partial charge in [-0.05, 0) is 32.0 Å². The molecule has 0 unspecified atom stereocenters. The van der Waals surface area contributed by atoms with Crippen molar-refractivity contribution in [2.24, 2.45) is 5.92 Å². The highest BCUT2D eigenvalue weighted by Gasteiger charge is 2.22. The molecule has 1 saturated heterocycles. The summed E-state index contributed by atoms with van der Waals surface area (Å²) in [5, 5.41) is 7.25. The third-order valence-corrected chi connectivity index (χ3v) is 2.64. The van der Waals surface area contributed by atoms with Gasteiger partial charge in [-0.1, -0.05) is 0 Å². The molecular formula is C10H15N3O. The Morgan fingerprint density at radius 3 is 3.07 bits per heavy atom. The van der Waals surface area contributed by atoms with Crippen LogP contribution in [0.25, 0.3) is 0 Å². The first-order chi connectivity index (χ1) is 6.81. The number of rotatable bonds is 4. The van der Waals surface area contributed by atoms with Crippen molar-refractivity contribution in [2.75, 3.05) is 13.1 Å². The number of aryl methyl sites for hydroxylation is 1. The van der Waals surface area contributed by atoms with E-state index in [0.717, 1.165) is 25.3 Å². The van der Waals surface area contributed by atoms with Crippen LogP contribution in [0.3, 0.4) is 0 Å². The first-order valence-electron chi connectivity index (χ1n) is 5.07. The van der Waals surface area contributed by atoms with Gasteiger partial charge in [-0.15, -0.1) is 0 Å². The predicted octanol–water partition coefficient (Wildman–Crippen LogP) is 0.695. The van der Waals surface area contributed by atoms with Gasteiger partial charge in [0.1, 0.15) is 5.69 Å². The third-order valence-electron chi connectivity index (χ3n) is 2.64. The number of Topliss-reactive ketones (excluding diaryl/α,β-unsaturated/α-hetero) is 1. The fraction of sp³-hybridized carbons (Fsp3) is 0.600. The van der Waals surface area contributed by atoms with Gasteiger partial charge in [0.05, 0.1) is 0 Å². The van der Waals surface area contributed by atoms with E-state index in [0.29, 0.717) is 12.3 Å². The molecule has 2 rings (SSSR count). The SMILES string of the molecule is CCn1nccc1C(=O)CC1CNC1. The molecule has 4 nitrogen and oxygen atoms in total. The van der Waals surface area contributed by atoms with E-state index in [2.05, 4.69) is 10.4 Å². The van der Waals surface area contributed by atoms with Crippen LogP contribution in [0.5, 0.6) is 0 Å². The molecule has 0 aromatic carbocycles. The molecule has 0 bridgehead atoms. The number of nitrogens with zero attached hydrogens (tertiary/aromatic N) is 2. The molecule has 1 aromatic rings. The summed E-state index contributed by atoms with van der Waals surface area (Å²) >= 11 is 0. The topological polar surface area (TPSA) is 46.9 Å². The van der Waals surface area contributed by atoms with Crippen molar-refractivity contribution in [3.05, 3.63) is 18.0 Å². The lowest BCUT2D eigenvalue weighted by atomic mass is 9.96. The first kappa shape index (κ1) is 9.40. The molecule has 76 valence electrons. The second kappa shape index (κ2) is 3.92. The van der Waals surface area contributed by atoms with E-state index in [1.165, 1.54) is 0 Å². The molecule has 2 heterocycles. The number of carbonyl (C=O) groups excluding carboxylic acids is 1. The smallest absolute Gasteiger partial charge is 0.181 e. The highest BCUT2D eigenvalue weighted by Crippen LogP contribution is 2.13. The largest absolute Gasteiger partial charge is 0.316 e. The van der Waals surface area contributed by atoms with Crippen LogP contribution in [-0.4, -0.2) is 28.7 Å². The number of hydrogen-bond donors (Lipinski definition) is 1. The Hall–Kier alpha value is -1.16. The molecule has 1 aliphatic heterocycles. The second-order valence-electron chi connectivity index (χ2n) is 3.68. The highest BCUT2D eigenvalue weighted by molar-refractivity contribution is 5.94. The maximum absolute atomic E-state index is 11.8. The fourth-order valence-corrected chi connectivity index (χ4v) is 1.68. The normalized spacial score (nSPS) is 16.6. The van der Waals surface area contributed by atoms with Crippen molar-refractivity contribution in [2.45, 2.75) is 19.9 Å². The standard InChI is InChI=1S/C10H15N3O/c1-2-13-9(3-4-12-13)10(14)5-8-6-11-7-8/h3-4,8,11H,2,5-7H2,1H3. The fourth-order valence-electron chi connectivity index (χ4n) is 1.68. The molecule has 0 amide bonds. The average molecular weight is 193 g/mol. The lowest BCUT2D eigenvalue weighted by molar-refractivity contribution is 0.0935. The summed E-state index contributed by atoms with van der Waals surface area (Å²) < 4.78 is 1.76. The zero-order valence-electron chi connectivity index (χ0n) is 8.36. The molecule has 0 atom stereocenters. The Bertz CT molecular complexity index is 328. The molecular weight excluding hydrogens is 178 g/mol. The van der Waals surface area contributed by atoms with Gasteiger partial charge in [0.15, 0.2) is 5.78 Å². The van der Waals surface area contributed by atoms with Gasteiger partial charge in [0.2, 0.25) is 0 Å². The van der Waals surface area contributed by atoms with Gasteiger partial charge < -0.3 is 5.32 Å². The van der Waals surface area contributed by atoms with Crippen molar-refractivity contribution in [1.82, 2.24) is 15.1 Å². The van der Waals surface area contributed by atoms with Crippen molar-refractivity contribution in [1.29, 1.82) is 0 Å². The number of nitrogens with one attached hydrogen (secondary N) is 1. The van der Waals surface area contributed by atoms with Crippen molar-refractivity contribution < 1.29 is 4.79 Å². The minimum atomic E-state index is 0.218. The molecule has 1 aromatic heterocycles. The summed E-state index contributed by atoms with van der Waals surface area (Å²) in [6.45, 7) is 4.71. The van der Waals surface area contributed by atoms with E-state index >= 15 is 0 Å². The van der Waals surface area contributed by atoms with Gasteiger partial charge in [0.25, 0.3) is 0 Å². The van der Waals surface area contributed by atoms with Crippen LogP contribution < -0.4 is 5.32 Å². The Morgan fingerprint density at radius 1 is 1.71 bits per heavy atom. The predicted molar refractivity (Wildman–Crippen MR) is 53.2 cm³/mol. The van der Waals surface area contributed by atoms with E-state index in [1.54, 1.807) is 16.9 Å². The summed E-state index contributed by atoms with van der Waals surface area (Å²) in [6, 6.07) is 1.80. The van der Waals surface area contributed by atoms with Crippen molar-refractivity contribution in [3.8, 4) is 0 Å². The summed E-state index contributed by atoms with van der Waals surface area (Å²) in [4.78, 5) is 11.8. The van der Waals surface area contributed by atoms with Crippen LogP contribution in [-0.2, 0) is 6.54 Å². The van der Waals surface area contributed by atoms with Crippen molar-refractivity contribution in [3.63, 3.8) is 0 Å². The number of ketones is 1. The van der Waals surface area contributed by atoms with Crippen LogP contribution in [0.1, 0.15) is 23.8 Å². The van der Waals surface area contributed by atoms with Crippen LogP contribution in [0.15, 0.2) is 12.3 Å². The maximum Gasteiger partial charge on any atom is 0.181 e. The first-order valence-corrected chi connectivity index (χ1v) is 5.07. The summed E-state index contributed by atoms with van der Waals surface area (Å²) in [5.74, 6) is 0.749. The van der Waals surface area contributed by atoms with E-state index in [-0.39, 0.29) is 5.78 Å². The third kappa shape index (κ3) is 1.70. The molecule has 1 N–H and O–H groups in total. The van der Waals surface area contributed by atoms with Gasteiger partial charge in [-0.2, -0.15) is 5.10 Å². The number of carbonyl (C=O) groups is 1. The maximum atomic E-state index is 11.8. The van der Waals surface area contributed by atoms with E-state index in [1.807, 2.05) is 6.92 Å². The summed E-state index contributed by atoms with van der Waals surface area (Å²) in [7, 11) is 0. The van der Waals surface area contributed by atoms with Crippen LogP contribution >= 0.6 is 0 Å². The van der Waals surface area contributed by atoms with Crippen molar-refractivity contribution >= 4 is 5.78 Å². The Morgan fingerprint density at radius 2 is 2.50 bits per heavy atom. The molecule has 0 saturated carbocycles. The quantitative estimate of drug-likeness (QED) is 0.716.